The molecule has 1 atom stereocenters. The Bertz CT molecular complexity index is 1120. The van der Waals surface area contributed by atoms with Gasteiger partial charge in [0, 0.05) is 42.6 Å². The number of rotatable bonds is 6. The molecule has 1 aliphatic rings. The third kappa shape index (κ3) is 4.29. The first-order valence-electron chi connectivity index (χ1n) is 10.6. The fourth-order valence-electron chi connectivity index (χ4n) is 3.95. The zero-order valence-corrected chi connectivity index (χ0v) is 18.2. The van der Waals surface area contributed by atoms with Crippen molar-refractivity contribution >= 4 is 28.6 Å². The summed E-state index contributed by atoms with van der Waals surface area (Å²) in [5.41, 5.74) is 10.0. The van der Waals surface area contributed by atoms with Crippen LogP contribution in [0.2, 0.25) is 0 Å². The van der Waals surface area contributed by atoms with Crippen molar-refractivity contribution < 1.29 is 4.74 Å². The molecule has 0 bridgehead atoms. The molecule has 4 heterocycles. The molecule has 4 rings (SSSR count). The van der Waals surface area contributed by atoms with E-state index in [4.69, 9.17) is 20.9 Å². The lowest BCUT2D eigenvalue weighted by Gasteiger charge is -2.34. The van der Waals surface area contributed by atoms with Crippen LogP contribution in [0.25, 0.3) is 27.7 Å². The standard InChI is InChI=1S/C23H29N7O/c1-15(2)12-29-13-17(11-27-29)19-10-21(30-8-9-31-14-16(30)3)28-22-18(19)5-7-26-23(22)20(25)4-6-24/h4-7,10-11,13,15-16,24H,8-9,12,14,25H2,1-3H3/b20-4-,24-6?/t16-/m1/s1. The second-order valence-electron chi connectivity index (χ2n) is 8.33. The molecule has 1 saturated heterocycles. The average Bonchev–Trinajstić information content (AvgIpc) is 3.20. The minimum absolute atomic E-state index is 0.213. The number of nitrogens with zero attached hydrogens (tertiary/aromatic N) is 5. The largest absolute Gasteiger partial charge is 0.397 e. The van der Waals surface area contributed by atoms with E-state index in [1.807, 2.05) is 16.9 Å². The first kappa shape index (κ1) is 21.0. The van der Waals surface area contributed by atoms with Crippen molar-refractivity contribution in [3.05, 3.63) is 42.5 Å². The molecular formula is C23H29N7O. The van der Waals surface area contributed by atoms with Gasteiger partial charge in [-0.1, -0.05) is 13.8 Å². The van der Waals surface area contributed by atoms with Gasteiger partial charge in [0.1, 0.15) is 17.0 Å². The van der Waals surface area contributed by atoms with Gasteiger partial charge in [-0.3, -0.25) is 9.67 Å². The Morgan fingerprint density at radius 1 is 1.42 bits per heavy atom. The first-order chi connectivity index (χ1) is 15.0. The van der Waals surface area contributed by atoms with Gasteiger partial charge < -0.3 is 20.8 Å². The van der Waals surface area contributed by atoms with Crippen molar-refractivity contribution in [1.82, 2.24) is 19.7 Å². The fourth-order valence-corrected chi connectivity index (χ4v) is 3.95. The third-order valence-electron chi connectivity index (χ3n) is 5.41. The van der Waals surface area contributed by atoms with Crippen LogP contribution in [0.15, 0.2) is 36.8 Å². The minimum atomic E-state index is 0.213. The van der Waals surface area contributed by atoms with Gasteiger partial charge in [-0.2, -0.15) is 5.10 Å². The number of allylic oxidation sites excluding steroid dienone is 1. The van der Waals surface area contributed by atoms with Crippen LogP contribution < -0.4 is 10.6 Å². The number of pyridine rings is 2. The Morgan fingerprint density at radius 2 is 2.26 bits per heavy atom. The van der Waals surface area contributed by atoms with Gasteiger partial charge in [0.15, 0.2) is 0 Å². The van der Waals surface area contributed by atoms with Crippen molar-refractivity contribution in [2.24, 2.45) is 11.7 Å². The first-order valence-corrected chi connectivity index (χ1v) is 10.6. The second-order valence-corrected chi connectivity index (χ2v) is 8.33. The molecule has 3 aromatic rings. The van der Waals surface area contributed by atoms with Gasteiger partial charge in [-0.05, 0) is 36.6 Å². The topological polar surface area (TPSA) is 106 Å². The molecule has 162 valence electrons. The van der Waals surface area contributed by atoms with Crippen LogP contribution in [0.3, 0.4) is 0 Å². The highest BCUT2D eigenvalue weighted by atomic mass is 16.5. The van der Waals surface area contributed by atoms with Crippen LogP contribution >= 0.6 is 0 Å². The number of aromatic nitrogens is 4. The third-order valence-corrected chi connectivity index (χ3v) is 5.41. The average molecular weight is 420 g/mol. The Kier molecular flexibility index (Phi) is 5.99. The zero-order chi connectivity index (χ0) is 22.0. The highest BCUT2D eigenvalue weighted by Gasteiger charge is 2.23. The SMILES string of the molecule is CC(C)Cn1cc(-c2cc(N3CCOC[C@H]3C)nc3c(/C(N)=C/C=N)nccc23)cn1. The molecular weight excluding hydrogens is 390 g/mol. The summed E-state index contributed by atoms with van der Waals surface area (Å²) in [6.45, 7) is 9.46. The summed E-state index contributed by atoms with van der Waals surface area (Å²) < 4.78 is 7.60. The van der Waals surface area contributed by atoms with E-state index < -0.39 is 0 Å². The van der Waals surface area contributed by atoms with Crippen LogP contribution in [0.1, 0.15) is 26.5 Å². The smallest absolute Gasteiger partial charge is 0.130 e. The Hall–Kier alpha value is -3.26. The van der Waals surface area contributed by atoms with Gasteiger partial charge in [-0.25, -0.2) is 4.98 Å². The molecule has 0 saturated carbocycles. The van der Waals surface area contributed by atoms with Crippen LogP contribution in [0.4, 0.5) is 5.82 Å². The molecule has 3 aromatic heterocycles. The summed E-state index contributed by atoms with van der Waals surface area (Å²) in [6.07, 6.45) is 8.43. The van der Waals surface area contributed by atoms with E-state index in [2.05, 4.69) is 48.0 Å². The lowest BCUT2D eigenvalue weighted by atomic mass is 10.0. The van der Waals surface area contributed by atoms with E-state index in [1.54, 1.807) is 6.20 Å². The summed E-state index contributed by atoms with van der Waals surface area (Å²) >= 11 is 0. The molecule has 1 fully saturated rings. The van der Waals surface area contributed by atoms with Gasteiger partial charge in [0.25, 0.3) is 0 Å². The Morgan fingerprint density at radius 3 is 3.00 bits per heavy atom. The minimum Gasteiger partial charge on any atom is -0.397 e. The van der Waals surface area contributed by atoms with Gasteiger partial charge in [0.2, 0.25) is 0 Å². The molecule has 1 aliphatic heterocycles. The molecule has 0 radical (unpaired) electrons. The van der Waals surface area contributed by atoms with Gasteiger partial charge >= 0.3 is 0 Å². The number of hydrogen-bond acceptors (Lipinski definition) is 7. The quantitative estimate of drug-likeness (QED) is 0.594. The number of fused-ring (bicyclic) bond motifs is 1. The lowest BCUT2D eigenvalue weighted by molar-refractivity contribution is 0.0986. The predicted molar refractivity (Wildman–Crippen MR) is 124 cm³/mol. The number of nitrogens with two attached hydrogens (primary N) is 1. The Balaban J connectivity index is 1.93. The summed E-state index contributed by atoms with van der Waals surface area (Å²) in [7, 11) is 0. The summed E-state index contributed by atoms with van der Waals surface area (Å²) in [5.74, 6) is 1.38. The van der Waals surface area contributed by atoms with E-state index in [9.17, 15) is 0 Å². The lowest BCUT2D eigenvalue weighted by Crippen LogP contribution is -2.44. The monoisotopic (exact) mass is 419 g/mol. The molecule has 3 N–H and O–H groups in total. The normalized spacial score (nSPS) is 17.5. The zero-order valence-electron chi connectivity index (χ0n) is 18.2. The maximum absolute atomic E-state index is 7.39. The van der Waals surface area contributed by atoms with Crippen LogP contribution in [-0.4, -0.2) is 51.8 Å². The molecule has 31 heavy (non-hydrogen) atoms. The van der Waals surface area contributed by atoms with E-state index in [0.29, 0.717) is 30.5 Å². The Labute approximate surface area is 182 Å². The number of ether oxygens (including phenoxy) is 1. The van der Waals surface area contributed by atoms with E-state index >= 15 is 0 Å². The molecule has 8 nitrogen and oxygen atoms in total. The number of morpholine rings is 1. The van der Waals surface area contributed by atoms with Crippen LogP contribution in [-0.2, 0) is 11.3 Å². The highest BCUT2D eigenvalue weighted by molar-refractivity contribution is 6.01. The molecule has 0 amide bonds. The van der Waals surface area contributed by atoms with Gasteiger partial charge in [0.05, 0.1) is 31.1 Å². The fraction of sp³-hybridized carbons (Fsp3) is 0.391. The number of nitrogens with one attached hydrogen (secondary N) is 1. The maximum Gasteiger partial charge on any atom is 0.130 e. The van der Waals surface area contributed by atoms with Crippen molar-refractivity contribution in [2.75, 3.05) is 24.7 Å². The van der Waals surface area contributed by atoms with E-state index in [-0.39, 0.29) is 6.04 Å². The molecule has 0 aromatic carbocycles. The molecule has 0 aliphatic carbocycles. The summed E-state index contributed by atoms with van der Waals surface area (Å²) in [5, 5.41) is 12.9. The molecule has 0 spiro atoms. The summed E-state index contributed by atoms with van der Waals surface area (Å²) in [4.78, 5) is 11.7. The van der Waals surface area contributed by atoms with Crippen molar-refractivity contribution in [1.29, 1.82) is 5.41 Å². The highest BCUT2D eigenvalue weighted by Crippen LogP contribution is 2.34. The molecule has 8 heteroatoms. The molecule has 0 unspecified atom stereocenters. The van der Waals surface area contributed by atoms with E-state index in [0.717, 1.165) is 40.9 Å². The van der Waals surface area contributed by atoms with Gasteiger partial charge in [-0.15, -0.1) is 0 Å². The maximum atomic E-state index is 7.39. The van der Waals surface area contributed by atoms with Crippen molar-refractivity contribution in [2.45, 2.75) is 33.4 Å². The summed E-state index contributed by atoms with van der Waals surface area (Å²) in [6, 6.07) is 4.30. The van der Waals surface area contributed by atoms with Crippen molar-refractivity contribution in [3.63, 3.8) is 0 Å². The number of hydrogen-bond donors (Lipinski definition) is 2. The number of anilines is 1. The predicted octanol–water partition coefficient (Wildman–Crippen LogP) is 3.32. The second kappa shape index (κ2) is 8.85. The van der Waals surface area contributed by atoms with E-state index in [1.165, 1.54) is 12.3 Å². The van der Waals surface area contributed by atoms with Crippen LogP contribution in [0, 0.1) is 11.3 Å². The van der Waals surface area contributed by atoms with Crippen molar-refractivity contribution in [3.8, 4) is 11.1 Å². The van der Waals surface area contributed by atoms with Crippen LogP contribution in [0.5, 0.6) is 0 Å².